The van der Waals surface area contributed by atoms with Crippen LogP contribution in [-0.4, -0.2) is 16.7 Å². The summed E-state index contributed by atoms with van der Waals surface area (Å²) in [7, 11) is 0. The molecule has 4 rings (SSSR count). The third-order valence-electron chi connectivity index (χ3n) is 3.25. The Labute approximate surface area is 142 Å². The average molecular weight is 331 g/mol. The van der Waals surface area contributed by atoms with Crippen molar-refractivity contribution >= 4 is 11.8 Å². The fourth-order valence-corrected chi connectivity index (χ4v) is 2.26. The second-order valence-electron chi connectivity index (χ2n) is 4.60. The molecule has 110 valence electrons. The van der Waals surface area contributed by atoms with E-state index in [2.05, 4.69) is 0 Å². The molecular weight excluding hydrogens is 318 g/mol. The van der Waals surface area contributed by atoms with Crippen molar-refractivity contribution < 1.29 is 26.7 Å². The molecule has 3 aliphatic rings. The Kier molecular flexibility index (Phi) is 6.22. The predicted molar refractivity (Wildman–Crippen MR) is 78.9 cm³/mol. The Balaban J connectivity index is 0.000000253. The average Bonchev–Trinajstić information content (AvgIpc) is 3.25. The quantitative estimate of drug-likeness (QED) is 0.586. The summed E-state index contributed by atoms with van der Waals surface area (Å²) in [5.41, 5.74) is 0.961. The summed E-state index contributed by atoms with van der Waals surface area (Å²) in [6.45, 7) is 0. The molecule has 3 nitrogen and oxygen atoms in total. The molecule has 1 aromatic rings. The Morgan fingerprint density at radius 1 is 0.636 bits per heavy atom. The van der Waals surface area contributed by atoms with Gasteiger partial charge in [-0.2, -0.15) is 0 Å². The maximum absolute atomic E-state index is 12.0. The van der Waals surface area contributed by atoms with Gasteiger partial charge in [0.15, 0.2) is 0 Å². The number of carbonyl (C=O) groups excluding carboxylic acids is 2. The molecule has 1 heterocycles. The Morgan fingerprint density at radius 2 is 1.05 bits per heavy atom. The van der Waals surface area contributed by atoms with E-state index in [-0.39, 0.29) is 28.9 Å². The first-order valence-electron chi connectivity index (χ1n) is 6.65. The zero-order valence-electron chi connectivity index (χ0n) is 11.6. The summed E-state index contributed by atoms with van der Waals surface area (Å²) < 4.78 is 0. The van der Waals surface area contributed by atoms with Gasteiger partial charge in [-0.15, -0.1) is 0 Å². The summed E-state index contributed by atoms with van der Waals surface area (Å²) in [4.78, 5) is 25.2. The summed E-state index contributed by atoms with van der Waals surface area (Å²) in [5, 5.41) is 0. The van der Waals surface area contributed by atoms with E-state index in [0.717, 1.165) is 0 Å². The van der Waals surface area contributed by atoms with E-state index in [9.17, 15) is 9.59 Å². The third-order valence-corrected chi connectivity index (χ3v) is 3.25. The molecule has 10 radical (unpaired) electrons. The Hall–Kier alpha value is -1.12. The summed E-state index contributed by atoms with van der Waals surface area (Å²) in [6, 6.07) is 7.51. The molecule has 0 unspecified atom stereocenters. The van der Waals surface area contributed by atoms with Crippen LogP contribution in [0.4, 0.5) is 0 Å². The molecule has 2 aliphatic carbocycles. The maximum Gasteiger partial charge on any atom is 0.262 e. The van der Waals surface area contributed by atoms with Crippen molar-refractivity contribution in [1.29, 1.82) is 0 Å². The predicted octanol–water partition coefficient (Wildman–Crippen LogP) is 2.66. The zero-order valence-corrected chi connectivity index (χ0v) is 12.7. The van der Waals surface area contributed by atoms with Crippen molar-refractivity contribution in [3.05, 3.63) is 99.2 Å². The van der Waals surface area contributed by atoms with Crippen LogP contribution < -0.4 is 0 Å². The molecule has 0 N–H and O–H groups in total. The molecule has 0 saturated heterocycles. The fraction of sp³-hybridized carbons (Fsp3) is 0. The number of hydrogen-bond acceptors (Lipinski definition) is 2. The smallest absolute Gasteiger partial charge is 0.262 e. The first kappa shape index (κ1) is 17.2. The monoisotopic (exact) mass is 331 g/mol. The molecule has 4 heteroatoms. The van der Waals surface area contributed by atoms with E-state index in [1.165, 1.54) is 4.90 Å². The van der Waals surface area contributed by atoms with Crippen LogP contribution in [0, 0.1) is 63.8 Å². The number of rotatable bonds is 1. The van der Waals surface area contributed by atoms with Gasteiger partial charge in [-0.05, 0) is 69.9 Å². The third kappa shape index (κ3) is 3.44. The van der Waals surface area contributed by atoms with Crippen LogP contribution in [0.1, 0.15) is 20.7 Å². The Morgan fingerprint density at radius 3 is 1.45 bits per heavy atom. The standard InChI is InChI=1S/C13H8NO2.C5H5.Fe/c15-12-10-7-3-4-8-11(10)13(16)14(12)9-5-1-2-6-9;1-2-4-5-3-1;/h1-8H;1-5H;. The number of nitrogens with zero attached hydrogens (tertiary/aromatic N) is 1. The van der Waals surface area contributed by atoms with Gasteiger partial charge < -0.3 is 0 Å². The van der Waals surface area contributed by atoms with Crippen LogP contribution in [0.15, 0.2) is 24.3 Å². The van der Waals surface area contributed by atoms with Crippen molar-refractivity contribution in [3.63, 3.8) is 0 Å². The minimum absolute atomic E-state index is 0. The van der Waals surface area contributed by atoms with Gasteiger partial charge in [0, 0.05) is 17.1 Å². The van der Waals surface area contributed by atoms with Crippen molar-refractivity contribution in [2.24, 2.45) is 0 Å². The van der Waals surface area contributed by atoms with E-state index in [1.807, 2.05) is 32.1 Å². The summed E-state index contributed by atoms with van der Waals surface area (Å²) in [5.74, 6) is -0.487. The molecule has 0 atom stereocenters. The maximum atomic E-state index is 12.0. The van der Waals surface area contributed by atoms with Crippen LogP contribution >= 0.6 is 0 Å². The number of imide groups is 1. The number of amides is 2. The SMILES string of the molecule is O=C1c2ccccc2C(=O)N1[C]1[CH][CH][CH][CH]1.[CH]1[CH][CH][CH][CH]1.[Fe]. The van der Waals surface area contributed by atoms with Gasteiger partial charge in [-0.25, -0.2) is 0 Å². The molecule has 2 amide bonds. The molecular formula is C18H13FeNO2. The minimum atomic E-state index is -0.244. The summed E-state index contributed by atoms with van der Waals surface area (Å²) in [6.07, 6.45) is 17.1. The molecule has 1 aliphatic heterocycles. The van der Waals surface area contributed by atoms with Crippen molar-refractivity contribution in [1.82, 2.24) is 4.90 Å². The molecule has 0 aromatic heterocycles. The normalized spacial score (nSPS) is 20.5. The van der Waals surface area contributed by atoms with E-state index >= 15 is 0 Å². The van der Waals surface area contributed by atoms with E-state index in [4.69, 9.17) is 0 Å². The second kappa shape index (κ2) is 7.94. The van der Waals surface area contributed by atoms with Crippen LogP contribution in [0.5, 0.6) is 0 Å². The van der Waals surface area contributed by atoms with Gasteiger partial charge in [0.2, 0.25) is 0 Å². The van der Waals surface area contributed by atoms with Gasteiger partial charge in [-0.3, -0.25) is 14.5 Å². The number of carbonyl (C=O) groups is 2. The molecule has 0 bridgehead atoms. The van der Waals surface area contributed by atoms with Gasteiger partial charge in [0.25, 0.3) is 11.8 Å². The Bertz CT molecular complexity index is 491. The van der Waals surface area contributed by atoms with Gasteiger partial charge in [-0.1, -0.05) is 12.1 Å². The van der Waals surface area contributed by atoms with Crippen molar-refractivity contribution in [2.45, 2.75) is 0 Å². The number of benzene rings is 1. The van der Waals surface area contributed by atoms with E-state index < -0.39 is 0 Å². The van der Waals surface area contributed by atoms with Crippen LogP contribution in [0.3, 0.4) is 0 Å². The van der Waals surface area contributed by atoms with E-state index in [1.54, 1.807) is 49.9 Å². The minimum Gasteiger partial charge on any atom is -0.269 e. The summed E-state index contributed by atoms with van der Waals surface area (Å²) >= 11 is 0. The number of hydrogen-bond donors (Lipinski definition) is 0. The van der Waals surface area contributed by atoms with Crippen LogP contribution in [-0.2, 0) is 17.1 Å². The number of fused-ring (bicyclic) bond motifs is 1. The molecule has 0 spiro atoms. The first-order chi connectivity index (χ1) is 10.3. The molecule has 1 aromatic carbocycles. The second-order valence-corrected chi connectivity index (χ2v) is 4.60. The van der Waals surface area contributed by atoms with Crippen molar-refractivity contribution in [3.8, 4) is 0 Å². The molecule has 22 heavy (non-hydrogen) atoms. The van der Waals surface area contributed by atoms with Crippen molar-refractivity contribution in [2.75, 3.05) is 0 Å². The van der Waals surface area contributed by atoms with Crippen LogP contribution in [0.2, 0.25) is 0 Å². The zero-order chi connectivity index (χ0) is 14.7. The van der Waals surface area contributed by atoms with Gasteiger partial charge in [0.1, 0.15) is 0 Å². The molecule has 2 saturated carbocycles. The van der Waals surface area contributed by atoms with Gasteiger partial charge in [0.05, 0.1) is 17.2 Å². The topological polar surface area (TPSA) is 37.4 Å². The van der Waals surface area contributed by atoms with E-state index in [0.29, 0.717) is 17.2 Å². The van der Waals surface area contributed by atoms with Crippen LogP contribution in [0.25, 0.3) is 0 Å². The molecule has 2 fully saturated rings. The first-order valence-corrected chi connectivity index (χ1v) is 6.65. The largest absolute Gasteiger partial charge is 0.269 e. The van der Waals surface area contributed by atoms with Gasteiger partial charge >= 0.3 is 0 Å². The fourth-order valence-electron chi connectivity index (χ4n) is 2.26.